The zero-order valence-corrected chi connectivity index (χ0v) is 10.2. The van der Waals surface area contributed by atoms with Crippen molar-refractivity contribution in [1.29, 1.82) is 0 Å². The van der Waals surface area contributed by atoms with Gasteiger partial charge in [0.15, 0.2) is 0 Å². The van der Waals surface area contributed by atoms with E-state index in [-0.39, 0.29) is 5.78 Å². The quantitative estimate of drug-likeness (QED) is 0.654. The molecule has 1 unspecified atom stereocenters. The predicted molar refractivity (Wildman–Crippen MR) is 64.3 cm³/mol. The van der Waals surface area contributed by atoms with Crippen LogP contribution in [-0.4, -0.2) is 12.3 Å². The molecule has 2 nitrogen and oxygen atoms in total. The molecule has 0 aliphatic heterocycles. The van der Waals surface area contributed by atoms with E-state index in [9.17, 15) is 4.79 Å². The lowest BCUT2D eigenvalue weighted by molar-refractivity contribution is -0.118. The number of ketones is 1. The number of hydrogen-bond acceptors (Lipinski definition) is 2. The maximum absolute atomic E-state index is 11.4. The van der Waals surface area contributed by atoms with E-state index in [0.717, 1.165) is 12.8 Å². The molecule has 2 N–H and O–H groups in total. The molecular weight excluding hydrogens is 186 g/mol. The first-order valence-electron chi connectivity index (χ1n) is 5.73. The summed E-state index contributed by atoms with van der Waals surface area (Å²) >= 11 is 0. The standard InChI is InChI=1S/C13H23NO/c1-4-5-6-13(15)8-7-12(9-10-14)11(2)3/h11-12H,6-10,14H2,1-3H3. The van der Waals surface area contributed by atoms with Gasteiger partial charge in [0.25, 0.3) is 0 Å². The van der Waals surface area contributed by atoms with Gasteiger partial charge in [-0.15, -0.1) is 5.92 Å². The number of carbonyl (C=O) groups excluding carboxylic acids is 1. The van der Waals surface area contributed by atoms with Crippen LogP contribution < -0.4 is 5.73 Å². The van der Waals surface area contributed by atoms with Crippen molar-refractivity contribution in [1.82, 2.24) is 0 Å². The van der Waals surface area contributed by atoms with E-state index in [4.69, 9.17) is 5.73 Å². The molecule has 0 aliphatic carbocycles. The average Bonchev–Trinajstić information content (AvgIpc) is 2.20. The molecule has 0 aromatic rings. The summed E-state index contributed by atoms with van der Waals surface area (Å²) in [7, 11) is 0. The van der Waals surface area contributed by atoms with Crippen LogP contribution in [0.5, 0.6) is 0 Å². The van der Waals surface area contributed by atoms with Crippen LogP contribution in [0.15, 0.2) is 0 Å². The lowest BCUT2D eigenvalue weighted by Gasteiger charge is -2.19. The topological polar surface area (TPSA) is 43.1 Å². The van der Waals surface area contributed by atoms with Crippen molar-refractivity contribution < 1.29 is 4.79 Å². The molecule has 15 heavy (non-hydrogen) atoms. The predicted octanol–water partition coefficient (Wildman–Crippen LogP) is 2.37. The lowest BCUT2D eigenvalue weighted by Crippen LogP contribution is -2.15. The maximum atomic E-state index is 11.4. The minimum absolute atomic E-state index is 0.257. The van der Waals surface area contributed by atoms with Crippen LogP contribution in [0.3, 0.4) is 0 Å². The Morgan fingerprint density at radius 2 is 2.00 bits per heavy atom. The summed E-state index contributed by atoms with van der Waals surface area (Å²) in [4.78, 5) is 11.4. The molecule has 0 rings (SSSR count). The van der Waals surface area contributed by atoms with Crippen molar-refractivity contribution >= 4 is 5.78 Å². The largest absolute Gasteiger partial charge is 0.330 e. The Labute approximate surface area is 93.6 Å². The Kier molecular flexibility index (Phi) is 8.04. The van der Waals surface area contributed by atoms with Crippen LogP contribution in [0, 0.1) is 23.7 Å². The molecule has 2 heteroatoms. The molecule has 0 heterocycles. The third-order valence-corrected chi connectivity index (χ3v) is 2.74. The van der Waals surface area contributed by atoms with Crippen molar-refractivity contribution in [2.75, 3.05) is 6.54 Å². The van der Waals surface area contributed by atoms with E-state index in [1.54, 1.807) is 6.92 Å². The minimum Gasteiger partial charge on any atom is -0.330 e. The highest BCUT2D eigenvalue weighted by Crippen LogP contribution is 2.20. The fourth-order valence-electron chi connectivity index (χ4n) is 1.65. The summed E-state index contributed by atoms with van der Waals surface area (Å²) in [6.45, 7) is 6.86. The molecule has 1 atom stereocenters. The molecule has 86 valence electrons. The fraction of sp³-hybridized carbons (Fsp3) is 0.769. The van der Waals surface area contributed by atoms with Gasteiger partial charge in [-0.2, -0.15) is 0 Å². The summed E-state index contributed by atoms with van der Waals surface area (Å²) in [5.74, 6) is 7.00. The molecule has 0 spiro atoms. The zero-order chi connectivity index (χ0) is 11.7. The van der Waals surface area contributed by atoms with Crippen LogP contribution >= 0.6 is 0 Å². The molecule has 0 amide bonds. The highest BCUT2D eigenvalue weighted by Gasteiger charge is 2.13. The first-order chi connectivity index (χ1) is 7.11. The van der Waals surface area contributed by atoms with Gasteiger partial charge in [-0.25, -0.2) is 0 Å². The molecular formula is C13H23NO. The fourth-order valence-corrected chi connectivity index (χ4v) is 1.65. The lowest BCUT2D eigenvalue weighted by atomic mass is 9.87. The second-order valence-electron chi connectivity index (χ2n) is 4.26. The molecule has 0 fully saturated rings. The first kappa shape index (κ1) is 14.2. The van der Waals surface area contributed by atoms with Gasteiger partial charge in [0.05, 0.1) is 6.42 Å². The van der Waals surface area contributed by atoms with Gasteiger partial charge in [0.1, 0.15) is 5.78 Å². The number of Topliss-reactive ketones (excluding diaryl/α,β-unsaturated/α-hetero) is 1. The maximum Gasteiger partial charge on any atom is 0.144 e. The number of rotatable bonds is 7. The van der Waals surface area contributed by atoms with E-state index < -0.39 is 0 Å². The summed E-state index contributed by atoms with van der Waals surface area (Å²) < 4.78 is 0. The van der Waals surface area contributed by atoms with Crippen LogP contribution in [0.4, 0.5) is 0 Å². The van der Waals surface area contributed by atoms with Crippen LogP contribution in [0.1, 0.15) is 46.5 Å². The molecule has 0 saturated carbocycles. The third kappa shape index (κ3) is 7.16. The van der Waals surface area contributed by atoms with Crippen LogP contribution in [0.2, 0.25) is 0 Å². The van der Waals surface area contributed by atoms with Crippen molar-refractivity contribution in [2.24, 2.45) is 17.6 Å². The molecule has 0 radical (unpaired) electrons. The normalized spacial score (nSPS) is 12.1. The van der Waals surface area contributed by atoms with Gasteiger partial charge in [-0.1, -0.05) is 19.8 Å². The number of carbonyl (C=O) groups is 1. The molecule has 0 aromatic carbocycles. The summed E-state index contributed by atoms with van der Waals surface area (Å²) in [6, 6.07) is 0. The SMILES string of the molecule is CC#CCC(=O)CCC(CCN)C(C)C. The van der Waals surface area contributed by atoms with E-state index in [1.165, 1.54) is 0 Å². The van der Waals surface area contributed by atoms with Crippen molar-refractivity contribution in [2.45, 2.75) is 46.5 Å². The van der Waals surface area contributed by atoms with Gasteiger partial charge in [-0.05, 0) is 38.1 Å². The Morgan fingerprint density at radius 1 is 1.33 bits per heavy atom. The monoisotopic (exact) mass is 209 g/mol. The highest BCUT2D eigenvalue weighted by atomic mass is 16.1. The Morgan fingerprint density at radius 3 is 2.47 bits per heavy atom. The smallest absolute Gasteiger partial charge is 0.144 e. The summed E-state index contributed by atoms with van der Waals surface area (Å²) in [6.07, 6.45) is 3.03. The molecule has 0 aromatic heterocycles. The Hall–Kier alpha value is -0.810. The van der Waals surface area contributed by atoms with Gasteiger partial charge in [0, 0.05) is 6.42 Å². The average molecular weight is 209 g/mol. The first-order valence-corrected chi connectivity index (χ1v) is 5.73. The van der Waals surface area contributed by atoms with Crippen molar-refractivity contribution in [3.8, 4) is 11.8 Å². The van der Waals surface area contributed by atoms with E-state index in [1.807, 2.05) is 0 Å². The second-order valence-corrected chi connectivity index (χ2v) is 4.26. The Balaban J connectivity index is 3.86. The van der Waals surface area contributed by atoms with Gasteiger partial charge >= 0.3 is 0 Å². The second kappa shape index (κ2) is 8.49. The Bertz CT molecular complexity index is 235. The third-order valence-electron chi connectivity index (χ3n) is 2.74. The van der Waals surface area contributed by atoms with Crippen molar-refractivity contribution in [3.63, 3.8) is 0 Å². The van der Waals surface area contributed by atoms with E-state index in [0.29, 0.717) is 31.2 Å². The summed E-state index contributed by atoms with van der Waals surface area (Å²) in [5, 5.41) is 0. The van der Waals surface area contributed by atoms with E-state index >= 15 is 0 Å². The molecule has 0 aliphatic rings. The van der Waals surface area contributed by atoms with Crippen LogP contribution in [-0.2, 0) is 4.79 Å². The van der Waals surface area contributed by atoms with Gasteiger partial charge < -0.3 is 5.73 Å². The minimum atomic E-state index is 0.257. The van der Waals surface area contributed by atoms with Gasteiger partial charge in [-0.3, -0.25) is 4.79 Å². The summed E-state index contributed by atoms with van der Waals surface area (Å²) in [5.41, 5.74) is 5.55. The van der Waals surface area contributed by atoms with Crippen molar-refractivity contribution in [3.05, 3.63) is 0 Å². The number of nitrogens with two attached hydrogens (primary N) is 1. The highest BCUT2D eigenvalue weighted by molar-refractivity contribution is 5.80. The zero-order valence-electron chi connectivity index (χ0n) is 10.2. The number of hydrogen-bond donors (Lipinski definition) is 1. The molecule has 0 saturated heterocycles. The van der Waals surface area contributed by atoms with Gasteiger partial charge in [0.2, 0.25) is 0 Å². The molecule has 0 bridgehead atoms. The van der Waals surface area contributed by atoms with E-state index in [2.05, 4.69) is 25.7 Å². The van der Waals surface area contributed by atoms with Crippen LogP contribution in [0.25, 0.3) is 0 Å².